The van der Waals surface area contributed by atoms with Gasteiger partial charge in [0.1, 0.15) is 5.78 Å². The molecule has 0 bridgehead atoms. The summed E-state index contributed by atoms with van der Waals surface area (Å²) in [4.78, 5) is 24.4. The van der Waals surface area contributed by atoms with Crippen molar-refractivity contribution in [2.45, 2.75) is 380 Å². The molecule has 0 aromatic heterocycles. The molecule has 0 aromatic carbocycles. The molecule has 0 heterocycles. The van der Waals surface area contributed by atoms with Gasteiger partial charge in [0.2, 0.25) is 5.91 Å². The van der Waals surface area contributed by atoms with Crippen molar-refractivity contribution < 1.29 is 14.7 Å². The van der Waals surface area contributed by atoms with E-state index in [4.69, 9.17) is 0 Å². The van der Waals surface area contributed by atoms with Gasteiger partial charge in [-0.3, -0.25) is 9.59 Å². The minimum Gasteiger partial charge on any atom is -0.391 e. The maximum Gasteiger partial charge on any atom is 0.220 e. The normalized spacial score (nSPS) is 12.0. The number of aliphatic hydroxyl groups is 1. The quantitative estimate of drug-likeness (QED) is 0.0597. The molecule has 2 N–H and O–H groups in total. The molecule has 0 saturated heterocycles. The van der Waals surface area contributed by atoms with Crippen molar-refractivity contribution in [1.82, 2.24) is 5.32 Å². The number of nitrogens with one attached hydrogen (secondary N) is 1. The van der Waals surface area contributed by atoms with Gasteiger partial charge in [-0.25, -0.2) is 0 Å². The van der Waals surface area contributed by atoms with Gasteiger partial charge in [-0.1, -0.05) is 328 Å². The first-order valence-corrected chi connectivity index (χ1v) is 31.1. The van der Waals surface area contributed by atoms with Crippen LogP contribution in [-0.2, 0) is 9.59 Å². The van der Waals surface area contributed by atoms with E-state index in [2.05, 4.69) is 19.2 Å². The fraction of sp³-hybridized carbons (Fsp3) is 0.968. The molecular formula is C62H123NO3. The van der Waals surface area contributed by atoms with Crippen molar-refractivity contribution >= 4 is 11.7 Å². The molecule has 0 aliphatic carbocycles. The average Bonchev–Trinajstić information content (AvgIpc) is 3.32. The lowest BCUT2D eigenvalue weighted by Gasteiger charge is -2.12. The van der Waals surface area contributed by atoms with Crippen LogP contribution < -0.4 is 5.32 Å². The number of unbranched alkanes of at least 4 members (excludes halogenated alkanes) is 49. The Bertz CT molecular complexity index is 921. The molecule has 0 aliphatic heterocycles. The molecule has 0 aromatic rings. The number of amides is 1. The van der Waals surface area contributed by atoms with Crippen molar-refractivity contribution in [3.05, 3.63) is 0 Å². The van der Waals surface area contributed by atoms with Crippen LogP contribution in [-0.4, -0.2) is 29.4 Å². The third-order valence-corrected chi connectivity index (χ3v) is 14.8. The Kier molecular flexibility index (Phi) is 57.6. The predicted molar refractivity (Wildman–Crippen MR) is 294 cm³/mol. The minimum absolute atomic E-state index is 0.117. The van der Waals surface area contributed by atoms with Crippen LogP contribution in [0.15, 0.2) is 0 Å². The van der Waals surface area contributed by atoms with Crippen molar-refractivity contribution in [2.24, 2.45) is 0 Å². The molecule has 0 saturated carbocycles. The monoisotopic (exact) mass is 930 g/mol. The van der Waals surface area contributed by atoms with Crippen molar-refractivity contribution in [2.75, 3.05) is 6.54 Å². The highest BCUT2D eigenvalue weighted by Gasteiger charge is 2.08. The zero-order valence-electron chi connectivity index (χ0n) is 45.6. The zero-order valence-corrected chi connectivity index (χ0v) is 45.6. The largest absolute Gasteiger partial charge is 0.391 e. The van der Waals surface area contributed by atoms with E-state index < -0.39 is 6.10 Å². The molecular weight excluding hydrogens is 807 g/mol. The molecule has 0 aliphatic rings. The highest BCUT2D eigenvalue weighted by molar-refractivity contribution is 5.78. The molecule has 4 heteroatoms. The SMILES string of the molecule is CCCCCCCCCCCCCCCCC(O)CNC(=O)CCCCCCCCCCCCCCCCCCCCCCCCCCCCCC(=O)CCCCCCCCCCCCC. The Labute approximate surface area is 416 Å². The van der Waals surface area contributed by atoms with E-state index in [9.17, 15) is 14.7 Å². The number of carbonyl (C=O) groups is 2. The maximum atomic E-state index is 12.2. The molecule has 0 spiro atoms. The van der Waals surface area contributed by atoms with E-state index in [-0.39, 0.29) is 5.91 Å². The standard InChI is InChI=1S/C62H123NO3/c1-3-5-7-9-11-13-15-16-32-37-41-45-49-53-57-61(65)59-63-62(66)58-54-50-46-42-38-34-31-29-27-25-23-21-19-17-18-20-22-24-26-28-30-33-36-40-44-48-52-56-60(64)55-51-47-43-39-35-14-12-10-8-6-4-2/h61,65H,3-59H2,1-2H3,(H,63,66). The summed E-state index contributed by atoms with van der Waals surface area (Å²) in [7, 11) is 0. The van der Waals surface area contributed by atoms with E-state index in [0.717, 1.165) is 51.4 Å². The highest BCUT2D eigenvalue weighted by Crippen LogP contribution is 2.19. The highest BCUT2D eigenvalue weighted by atomic mass is 16.3. The molecule has 1 unspecified atom stereocenters. The van der Waals surface area contributed by atoms with Crippen LogP contribution in [0.25, 0.3) is 0 Å². The number of carbonyl (C=O) groups excluding carboxylic acids is 2. The van der Waals surface area contributed by atoms with Crippen LogP contribution in [0.2, 0.25) is 0 Å². The predicted octanol–water partition coefficient (Wildman–Crippen LogP) is 20.9. The van der Waals surface area contributed by atoms with Crippen LogP contribution in [0.3, 0.4) is 0 Å². The maximum absolute atomic E-state index is 12.2. The number of aliphatic hydroxyl groups excluding tert-OH is 1. The minimum atomic E-state index is -0.390. The number of Topliss-reactive ketones (excluding diaryl/α,β-unsaturated/α-hetero) is 1. The summed E-state index contributed by atoms with van der Waals surface area (Å²) in [6, 6.07) is 0. The third kappa shape index (κ3) is 57.4. The molecule has 0 radical (unpaired) electrons. The van der Waals surface area contributed by atoms with Gasteiger partial charge in [0.05, 0.1) is 6.10 Å². The van der Waals surface area contributed by atoms with Gasteiger partial charge in [-0.05, 0) is 25.7 Å². The summed E-state index contributed by atoms with van der Waals surface area (Å²) in [6.07, 6.45) is 73.3. The van der Waals surface area contributed by atoms with Gasteiger partial charge >= 0.3 is 0 Å². The molecule has 4 nitrogen and oxygen atoms in total. The van der Waals surface area contributed by atoms with Crippen molar-refractivity contribution in [3.63, 3.8) is 0 Å². The summed E-state index contributed by atoms with van der Waals surface area (Å²) in [5.41, 5.74) is 0. The second kappa shape index (κ2) is 58.4. The summed E-state index contributed by atoms with van der Waals surface area (Å²) >= 11 is 0. The summed E-state index contributed by atoms with van der Waals surface area (Å²) in [6.45, 7) is 5.00. The lowest BCUT2D eigenvalue weighted by Crippen LogP contribution is -2.31. The molecule has 0 fully saturated rings. The topological polar surface area (TPSA) is 66.4 Å². The zero-order chi connectivity index (χ0) is 47.7. The van der Waals surface area contributed by atoms with E-state index in [1.165, 1.54) is 302 Å². The Hall–Kier alpha value is -0.900. The van der Waals surface area contributed by atoms with Gasteiger partial charge in [0, 0.05) is 25.8 Å². The van der Waals surface area contributed by atoms with Crippen molar-refractivity contribution in [1.29, 1.82) is 0 Å². The van der Waals surface area contributed by atoms with Crippen LogP contribution in [0, 0.1) is 0 Å². The Morgan fingerprint density at radius 1 is 0.288 bits per heavy atom. The second-order valence-corrected chi connectivity index (χ2v) is 21.7. The number of hydrogen-bond donors (Lipinski definition) is 2. The number of rotatable bonds is 59. The molecule has 394 valence electrons. The van der Waals surface area contributed by atoms with E-state index in [0.29, 0.717) is 18.7 Å². The Morgan fingerprint density at radius 2 is 0.485 bits per heavy atom. The van der Waals surface area contributed by atoms with Gasteiger partial charge in [0.25, 0.3) is 0 Å². The van der Waals surface area contributed by atoms with Gasteiger partial charge < -0.3 is 10.4 Å². The lowest BCUT2D eigenvalue weighted by molar-refractivity contribution is -0.121. The second-order valence-electron chi connectivity index (χ2n) is 21.7. The average molecular weight is 931 g/mol. The third-order valence-electron chi connectivity index (χ3n) is 14.8. The van der Waals surface area contributed by atoms with Gasteiger partial charge in [-0.15, -0.1) is 0 Å². The van der Waals surface area contributed by atoms with E-state index >= 15 is 0 Å². The molecule has 1 amide bonds. The number of ketones is 1. The van der Waals surface area contributed by atoms with Crippen molar-refractivity contribution in [3.8, 4) is 0 Å². The van der Waals surface area contributed by atoms with Gasteiger partial charge in [0.15, 0.2) is 0 Å². The first-order chi connectivity index (χ1) is 32.6. The smallest absolute Gasteiger partial charge is 0.220 e. The van der Waals surface area contributed by atoms with Crippen LogP contribution in [0.5, 0.6) is 0 Å². The fourth-order valence-electron chi connectivity index (χ4n) is 10.1. The van der Waals surface area contributed by atoms with E-state index in [1.807, 2.05) is 0 Å². The first kappa shape index (κ1) is 65.1. The summed E-state index contributed by atoms with van der Waals surface area (Å²) < 4.78 is 0. The Balaban J connectivity index is 3.22. The molecule has 1 atom stereocenters. The fourth-order valence-corrected chi connectivity index (χ4v) is 10.1. The van der Waals surface area contributed by atoms with E-state index in [1.54, 1.807) is 0 Å². The summed E-state index contributed by atoms with van der Waals surface area (Å²) in [5.74, 6) is 0.638. The van der Waals surface area contributed by atoms with Gasteiger partial charge in [-0.2, -0.15) is 0 Å². The lowest BCUT2D eigenvalue weighted by atomic mass is 10.0. The number of hydrogen-bond acceptors (Lipinski definition) is 3. The van der Waals surface area contributed by atoms with Crippen LogP contribution >= 0.6 is 0 Å². The summed E-state index contributed by atoms with van der Waals surface area (Å²) in [5, 5.41) is 13.3. The Morgan fingerprint density at radius 3 is 0.727 bits per heavy atom. The van der Waals surface area contributed by atoms with Crippen LogP contribution in [0.4, 0.5) is 0 Å². The molecule has 66 heavy (non-hydrogen) atoms. The molecule has 0 rings (SSSR count). The van der Waals surface area contributed by atoms with Crippen LogP contribution in [0.1, 0.15) is 373 Å². The first-order valence-electron chi connectivity index (χ1n) is 31.1.